The fourth-order valence-electron chi connectivity index (χ4n) is 3.22. The number of benzene rings is 1. The summed E-state index contributed by atoms with van der Waals surface area (Å²) in [7, 11) is 1.70. The lowest BCUT2D eigenvalue weighted by Crippen LogP contribution is -2.42. The Labute approximate surface area is 155 Å². The Hall–Kier alpha value is -2.08. The molecule has 0 amide bonds. The predicted molar refractivity (Wildman–Crippen MR) is 103 cm³/mol. The topological polar surface area (TPSA) is 46.9 Å². The Morgan fingerprint density at radius 2 is 2.00 bits per heavy atom. The molecule has 1 aromatic carbocycles. The van der Waals surface area contributed by atoms with Crippen LogP contribution in [0, 0.1) is 6.92 Å². The van der Waals surface area contributed by atoms with Crippen LogP contribution in [0.15, 0.2) is 46.9 Å². The summed E-state index contributed by atoms with van der Waals surface area (Å²) in [4.78, 5) is 2.43. The van der Waals surface area contributed by atoms with Gasteiger partial charge in [0, 0.05) is 31.7 Å². The van der Waals surface area contributed by atoms with Gasteiger partial charge in [-0.3, -0.25) is 4.90 Å². The van der Waals surface area contributed by atoms with E-state index in [9.17, 15) is 0 Å². The summed E-state index contributed by atoms with van der Waals surface area (Å²) in [5.74, 6) is 2.86. The van der Waals surface area contributed by atoms with Gasteiger partial charge in [-0.1, -0.05) is 30.4 Å². The minimum atomic E-state index is 0.229. The fourth-order valence-corrected chi connectivity index (χ4v) is 3.22. The second-order valence-corrected chi connectivity index (χ2v) is 6.42. The molecular formula is C21H28N2O3. The third-order valence-electron chi connectivity index (χ3n) is 4.61. The van der Waals surface area contributed by atoms with Gasteiger partial charge in [-0.25, -0.2) is 0 Å². The number of hydrogen-bond donors (Lipinski definition) is 1. The van der Waals surface area contributed by atoms with E-state index in [-0.39, 0.29) is 6.04 Å². The number of hydrogen-bond acceptors (Lipinski definition) is 5. The molecule has 2 heterocycles. The molecule has 5 nitrogen and oxygen atoms in total. The number of methoxy groups -OCH3 is 1. The van der Waals surface area contributed by atoms with E-state index in [2.05, 4.69) is 34.5 Å². The van der Waals surface area contributed by atoms with Gasteiger partial charge in [0.15, 0.2) is 0 Å². The zero-order valence-corrected chi connectivity index (χ0v) is 15.6. The van der Waals surface area contributed by atoms with Gasteiger partial charge >= 0.3 is 0 Å². The molecule has 3 rings (SSSR count). The summed E-state index contributed by atoms with van der Waals surface area (Å²) < 4.78 is 16.8. The summed E-state index contributed by atoms with van der Waals surface area (Å²) in [5, 5.41) is 3.53. The molecule has 1 saturated heterocycles. The Kier molecular flexibility index (Phi) is 6.89. The lowest BCUT2D eigenvalue weighted by molar-refractivity contribution is 0.0117. The molecule has 2 aromatic rings. The molecule has 1 fully saturated rings. The third-order valence-corrected chi connectivity index (χ3v) is 4.61. The second-order valence-electron chi connectivity index (χ2n) is 6.42. The predicted octanol–water partition coefficient (Wildman–Crippen LogP) is 3.27. The molecule has 0 spiro atoms. The summed E-state index contributed by atoms with van der Waals surface area (Å²) in [5.41, 5.74) is 1.09. The molecule has 5 heteroatoms. The Bertz CT molecular complexity index is 705. The Balaban J connectivity index is 1.56. The van der Waals surface area contributed by atoms with Gasteiger partial charge in [-0.15, -0.1) is 0 Å². The van der Waals surface area contributed by atoms with E-state index in [0.717, 1.165) is 62.2 Å². The average Bonchev–Trinajstić information content (AvgIpc) is 3.11. The highest BCUT2D eigenvalue weighted by molar-refractivity contribution is 5.57. The molecule has 0 saturated carbocycles. The Morgan fingerprint density at radius 1 is 1.19 bits per heavy atom. The largest absolute Gasteiger partial charge is 0.496 e. The zero-order valence-electron chi connectivity index (χ0n) is 15.6. The van der Waals surface area contributed by atoms with Gasteiger partial charge in [0.05, 0.1) is 26.4 Å². The van der Waals surface area contributed by atoms with Crippen molar-refractivity contribution in [3.63, 3.8) is 0 Å². The van der Waals surface area contributed by atoms with Crippen molar-refractivity contribution >= 4 is 6.08 Å². The van der Waals surface area contributed by atoms with Crippen LogP contribution in [0.3, 0.4) is 0 Å². The maximum Gasteiger partial charge on any atom is 0.126 e. The van der Waals surface area contributed by atoms with E-state index in [4.69, 9.17) is 13.9 Å². The first-order valence-corrected chi connectivity index (χ1v) is 9.16. The summed E-state index contributed by atoms with van der Waals surface area (Å²) in [6.45, 7) is 7.05. The number of morpholine rings is 1. The lowest BCUT2D eigenvalue weighted by Gasteiger charge is -2.33. The SMILES string of the molecule is COc1ccccc1/C=C/CNCC(c1ccc(C)o1)N1CCOCC1. The summed E-state index contributed by atoms with van der Waals surface area (Å²) in [6.07, 6.45) is 4.22. The zero-order chi connectivity index (χ0) is 18.2. The minimum absolute atomic E-state index is 0.229. The normalized spacial score (nSPS) is 16.8. The second kappa shape index (κ2) is 9.57. The Morgan fingerprint density at radius 3 is 2.73 bits per heavy atom. The van der Waals surface area contributed by atoms with Crippen molar-refractivity contribution in [2.75, 3.05) is 46.5 Å². The monoisotopic (exact) mass is 356 g/mol. The van der Waals surface area contributed by atoms with Gasteiger partial charge < -0.3 is 19.2 Å². The van der Waals surface area contributed by atoms with Gasteiger partial charge in [0.2, 0.25) is 0 Å². The van der Waals surface area contributed by atoms with Crippen molar-refractivity contribution in [1.82, 2.24) is 10.2 Å². The van der Waals surface area contributed by atoms with Crippen LogP contribution in [0.1, 0.15) is 23.1 Å². The summed E-state index contributed by atoms with van der Waals surface area (Å²) >= 11 is 0. The van der Waals surface area contributed by atoms with Crippen LogP contribution in [0.25, 0.3) is 6.08 Å². The van der Waals surface area contributed by atoms with Crippen LogP contribution in [0.5, 0.6) is 5.75 Å². The molecule has 1 atom stereocenters. The number of nitrogens with zero attached hydrogens (tertiary/aromatic N) is 1. The number of aryl methyl sites for hydroxylation is 1. The first-order chi connectivity index (χ1) is 12.8. The van der Waals surface area contributed by atoms with Crippen molar-refractivity contribution in [3.05, 3.63) is 59.6 Å². The first kappa shape index (κ1) is 18.7. The summed E-state index contributed by atoms with van der Waals surface area (Å²) in [6, 6.07) is 12.4. The fraction of sp³-hybridized carbons (Fsp3) is 0.429. The molecule has 140 valence electrons. The van der Waals surface area contributed by atoms with Crippen molar-refractivity contribution in [2.24, 2.45) is 0 Å². The molecule has 0 bridgehead atoms. The van der Waals surface area contributed by atoms with Gasteiger partial charge in [0.1, 0.15) is 17.3 Å². The molecule has 26 heavy (non-hydrogen) atoms. The van der Waals surface area contributed by atoms with E-state index in [1.165, 1.54) is 0 Å². The van der Waals surface area contributed by atoms with Gasteiger partial charge in [-0.05, 0) is 25.1 Å². The number of ether oxygens (including phenoxy) is 2. The average molecular weight is 356 g/mol. The minimum Gasteiger partial charge on any atom is -0.496 e. The van der Waals surface area contributed by atoms with Gasteiger partial charge in [-0.2, -0.15) is 0 Å². The van der Waals surface area contributed by atoms with Crippen LogP contribution in [-0.4, -0.2) is 51.4 Å². The van der Waals surface area contributed by atoms with Gasteiger partial charge in [0.25, 0.3) is 0 Å². The highest BCUT2D eigenvalue weighted by Gasteiger charge is 2.24. The maximum atomic E-state index is 5.90. The maximum absolute atomic E-state index is 5.90. The molecule has 1 aliphatic heterocycles. The van der Waals surface area contributed by atoms with Crippen LogP contribution in [-0.2, 0) is 4.74 Å². The number of nitrogens with one attached hydrogen (secondary N) is 1. The van der Waals surface area contributed by atoms with E-state index in [1.54, 1.807) is 7.11 Å². The van der Waals surface area contributed by atoms with Crippen LogP contribution >= 0.6 is 0 Å². The molecule has 0 radical (unpaired) electrons. The molecule has 1 unspecified atom stereocenters. The molecule has 0 aliphatic carbocycles. The molecule has 1 aliphatic rings. The van der Waals surface area contributed by atoms with Crippen LogP contribution < -0.4 is 10.1 Å². The van der Waals surface area contributed by atoms with Crippen LogP contribution in [0.2, 0.25) is 0 Å². The lowest BCUT2D eigenvalue weighted by atomic mass is 10.1. The van der Waals surface area contributed by atoms with Crippen molar-refractivity contribution in [3.8, 4) is 5.75 Å². The van der Waals surface area contributed by atoms with Crippen molar-refractivity contribution in [1.29, 1.82) is 0 Å². The quantitative estimate of drug-likeness (QED) is 0.736. The number of furan rings is 1. The van der Waals surface area contributed by atoms with Crippen molar-refractivity contribution in [2.45, 2.75) is 13.0 Å². The standard InChI is InChI=1S/C21H28N2O3/c1-17-9-10-21(26-17)19(23-12-14-25-15-13-23)16-22-11-5-7-18-6-3-4-8-20(18)24-2/h3-10,19,22H,11-16H2,1-2H3/b7-5+. The highest BCUT2D eigenvalue weighted by atomic mass is 16.5. The highest BCUT2D eigenvalue weighted by Crippen LogP contribution is 2.23. The first-order valence-electron chi connectivity index (χ1n) is 9.16. The number of rotatable bonds is 8. The van der Waals surface area contributed by atoms with E-state index in [0.29, 0.717) is 0 Å². The molecular weight excluding hydrogens is 328 g/mol. The third kappa shape index (κ3) is 4.97. The van der Waals surface area contributed by atoms with Crippen LogP contribution in [0.4, 0.5) is 0 Å². The molecule has 1 N–H and O–H groups in total. The van der Waals surface area contributed by atoms with E-state index < -0.39 is 0 Å². The number of para-hydroxylation sites is 1. The van der Waals surface area contributed by atoms with E-state index in [1.807, 2.05) is 31.2 Å². The van der Waals surface area contributed by atoms with Crippen molar-refractivity contribution < 1.29 is 13.9 Å². The smallest absolute Gasteiger partial charge is 0.126 e. The molecule has 1 aromatic heterocycles. The van der Waals surface area contributed by atoms with E-state index >= 15 is 0 Å².